The van der Waals surface area contributed by atoms with Crippen molar-refractivity contribution in [1.29, 1.82) is 0 Å². The Morgan fingerprint density at radius 1 is 1.50 bits per heavy atom. The summed E-state index contributed by atoms with van der Waals surface area (Å²) in [6, 6.07) is 6.93. The molecule has 1 amide bonds. The molecule has 2 unspecified atom stereocenters. The fourth-order valence-electron chi connectivity index (χ4n) is 3.39. The number of carbonyl (C=O) groups is 1. The highest BCUT2D eigenvalue weighted by Crippen LogP contribution is 2.34. The second-order valence-corrected chi connectivity index (χ2v) is 6.21. The van der Waals surface area contributed by atoms with E-state index >= 15 is 0 Å². The van der Waals surface area contributed by atoms with Gasteiger partial charge in [0.15, 0.2) is 6.10 Å². The maximum Gasteiger partial charge on any atom is 0.256 e. The zero-order valence-corrected chi connectivity index (χ0v) is 14.3. The van der Waals surface area contributed by atoms with E-state index in [1.165, 1.54) is 5.69 Å². The smallest absolute Gasteiger partial charge is 0.256 e. The number of hydrogen-bond acceptors (Lipinski definition) is 4. The monoisotopic (exact) mass is 329 g/mol. The lowest BCUT2D eigenvalue weighted by molar-refractivity contribution is -0.141. The molecule has 3 rings (SSSR count). The number of hydrogen-bond donors (Lipinski definition) is 1. The van der Waals surface area contributed by atoms with E-state index in [0.717, 1.165) is 24.8 Å². The first kappa shape index (κ1) is 16.5. The van der Waals surface area contributed by atoms with Gasteiger partial charge in [0, 0.05) is 25.4 Å². The molecule has 1 aliphatic rings. The Morgan fingerprint density at radius 3 is 3.04 bits per heavy atom. The van der Waals surface area contributed by atoms with E-state index < -0.39 is 6.10 Å². The molecule has 6 heteroatoms. The Morgan fingerprint density at radius 2 is 2.29 bits per heavy atom. The van der Waals surface area contributed by atoms with Gasteiger partial charge in [0.1, 0.15) is 5.75 Å². The van der Waals surface area contributed by atoms with Crippen LogP contribution in [0.4, 0.5) is 0 Å². The maximum atomic E-state index is 12.8. The van der Waals surface area contributed by atoms with Gasteiger partial charge >= 0.3 is 0 Å². The van der Waals surface area contributed by atoms with Crippen LogP contribution >= 0.6 is 0 Å². The molecule has 0 saturated heterocycles. The fourth-order valence-corrected chi connectivity index (χ4v) is 3.39. The van der Waals surface area contributed by atoms with Gasteiger partial charge in [-0.2, -0.15) is 5.10 Å². The molecule has 1 aromatic carbocycles. The van der Waals surface area contributed by atoms with E-state index in [4.69, 9.17) is 4.74 Å². The molecule has 128 valence electrons. The summed E-state index contributed by atoms with van der Waals surface area (Å²) in [5.41, 5.74) is 2.78. The molecule has 1 heterocycles. The van der Waals surface area contributed by atoms with Gasteiger partial charge in [-0.25, -0.2) is 0 Å². The zero-order chi connectivity index (χ0) is 17.3. The van der Waals surface area contributed by atoms with Gasteiger partial charge in [-0.05, 0) is 37.0 Å². The number of carbonyl (C=O) groups excluding carboxylic acids is 1. The first-order chi connectivity index (χ1) is 11.5. The Kier molecular flexibility index (Phi) is 4.57. The lowest BCUT2D eigenvalue weighted by atomic mass is 9.91. The molecule has 0 aliphatic heterocycles. The van der Waals surface area contributed by atoms with Crippen molar-refractivity contribution in [2.75, 3.05) is 14.2 Å². The van der Waals surface area contributed by atoms with Crippen LogP contribution in [0.1, 0.15) is 41.8 Å². The van der Waals surface area contributed by atoms with Crippen LogP contribution in [0.5, 0.6) is 5.75 Å². The summed E-state index contributed by atoms with van der Waals surface area (Å²) in [7, 11) is 5.23. The second-order valence-electron chi connectivity index (χ2n) is 6.21. The average molecular weight is 329 g/mol. The van der Waals surface area contributed by atoms with Crippen LogP contribution in [-0.2, 0) is 18.3 Å². The first-order valence-electron chi connectivity index (χ1n) is 8.12. The number of aliphatic hydroxyl groups is 1. The summed E-state index contributed by atoms with van der Waals surface area (Å²) in [5.74, 6) is 0.305. The quantitative estimate of drug-likeness (QED) is 0.931. The SMILES string of the molecule is COc1cccc(C(O)C(=O)N(C)C2CCCc3c2cnn3C)c1. The normalized spacial score (nSPS) is 17.9. The second kappa shape index (κ2) is 6.65. The largest absolute Gasteiger partial charge is 0.497 e. The molecular formula is C18H23N3O3. The third-order valence-electron chi connectivity index (χ3n) is 4.80. The third kappa shape index (κ3) is 2.89. The third-order valence-corrected chi connectivity index (χ3v) is 4.80. The molecule has 0 saturated carbocycles. The van der Waals surface area contributed by atoms with E-state index in [-0.39, 0.29) is 11.9 Å². The van der Waals surface area contributed by atoms with Crippen LogP contribution in [0.2, 0.25) is 0 Å². The van der Waals surface area contributed by atoms with E-state index in [1.807, 2.05) is 17.9 Å². The number of ether oxygens (including phenoxy) is 1. The minimum Gasteiger partial charge on any atom is -0.497 e. The lowest BCUT2D eigenvalue weighted by Crippen LogP contribution is -2.36. The maximum absolute atomic E-state index is 12.8. The topological polar surface area (TPSA) is 67.6 Å². The van der Waals surface area contributed by atoms with Crippen LogP contribution in [0, 0.1) is 0 Å². The average Bonchev–Trinajstić information content (AvgIpc) is 3.01. The van der Waals surface area contributed by atoms with Crippen molar-refractivity contribution in [2.45, 2.75) is 31.4 Å². The molecule has 2 aromatic rings. The molecular weight excluding hydrogens is 306 g/mol. The highest BCUT2D eigenvalue weighted by atomic mass is 16.5. The van der Waals surface area contributed by atoms with Gasteiger partial charge < -0.3 is 14.7 Å². The van der Waals surface area contributed by atoms with Crippen molar-refractivity contribution in [3.63, 3.8) is 0 Å². The van der Waals surface area contributed by atoms with Crippen molar-refractivity contribution >= 4 is 5.91 Å². The highest BCUT2D eigenvalue weighted by molar-refractivity contribution is 5.82. The van der Waals surface area contributed by atoms with E-state index in [1.54, 1.807) is 43.3 Å². The van der Waals surface area contributed by atoms with Crippen molar-refractivity contribution in [1.82, 2.24) is 14.7 Å². The molecule has 1 N–H and O–H groups in total. The summed E-state index contributed by atoms with van der Waals surface area (Å²) in [6.45, 7) is 0. The number of methoxy groups -OCH3 is 1. The molecule has 0 fully saturated rings. The predicted molar refractivity (Wildman–Crippen MR) is 89.6 cm³/mol. The minimum absolute atomic E-state index is 0.0461. The van der Waals surface area contributed by atoms with Gasteiger partial charge in [-0.1, -0.05) is 12.1 Å². The summed E-state index contributed by atoms with van der Waals surface area (Å²) >= 11 is 0. The van der Waals surface area contributed by atoms with Crippen molar-refractivity contribution in [2.24, 2.45) is 7.05 Å². The molecule has 0 radical (unpaired) electrons. The lowest BCUT2D eigenvalue weighted by Gasteiger charge is -2.32. The van der Waals surface area contributed by atoms with Crippen LogP contribution in [0.3, 0.4) is 0 Å². The van der Waals surface area contributed by atoms with Crippen molar-refractivity contribution < 1.29 is 14.6 Å². The summed E-state index contributed by atoms with van der Waals surface area (Å²) in [4.78, 5) is 14.4. The zero-order valence-electron chi connectivity index (χ0n) is 14.3. The molecule has 0 bridgehead atoms. The van der Waals surface area contributed by atoms with Gasteiger partial charge in [0.2, 0.25) is 0 Å². The summed E-state index contributed by atoms with van der Waals surface area (Å²) < 4.78 is 7.04. The number of fused-ring (bicyclic) bond motifs is 1. The number of rotatable bonds is 4. The van der Waals surface area contributed by atoms with Gasteiger partial charge in [-0.15, -0.1) is 0 Å². The number of aryl methyl sites for hydroxylation is 1. The Bertz CT molecular complexity index is 741. The van der Waals surface area contributed by atoms with Crippen LogP contribution in [0.25, 0.3) is 0 Å². The predicted octanol–water partition coefficient (Wildman–Crippen LogP) is 2.00. The number of aromatic nitrogens is 2. The minimum atomic E-state index is -1.20. The fraction of sp³-hybridized carbons (Fsp3) is 0.444. The molecule has 6 nitrogen and oxygen atoms in total. The number of nitrogens with zero attached hydrogens (tertiary/aromatic N) is 3. The molecule has 24 heavy (non-hydrogen) atoms. The van der Waals surface area contributed by atoms with Gasteiger partial charge in [-0.3, -0.25) is 9.48 Å². The van der Waals surface area contributed by atoms with Crippen LogP contribution < -0.4 is 4.74 Å². The Labute approximate surface area is 141 Å². The first-order valence-corrected chi connectivity index (χ1v) is 8.12. The number of amides is 1. The van der Waals surface area contributed by atoms with E-state index in [2.05, 4.69) is 5.10 Å². The summed E-state index contributed by atoms with van der Waals surface area (Å²) in [5, 5.41) is 14.8. The van der Waals surface area contributed by atoms with Gasteiger partial charge in [0.25, 0.3) is 5.91 Å². The van der Waals surface area contributed by atoms with Crippen LogP contribution in [-0.4, -0.2) is 39.9 Å². The van der Waals surface area contributed by atoms with Gasteiger partial charge in [0.05, 0.1) is 19.3 Å². The molecule has 1 aliphatic carbocycles. The van der Waals surface area contributed by atoms with E-state index in [9.17, 15) is 9.90 Å². The molecule has 0 spiro atoms. The van der Waals surface area contributed by atoms with Crippen LogP contribution in [0.15, 0.2) is 30.5 Å². The summed E-state index contributed by atoms with van der Waals surface area (Å²) in [6.07, 6.45) is 3.49. The molecule has 1 aromatic heterocycles. The number of aliphatic hydroxyl groups excluding tert-OH is 1. The van der Waals surface area contributed by atoms with Crippen molar-refractivity contribution in [3.8, 4) is 5.75 Å². The molecule has 2 atom stereocenters. The highest BCUT2D eigenvalue weighted by Gasteiger charge is 2.32. The standard InChI is InChI=1S/C18H23N3O3/c1-20(15-8-5-9-16-14(15)11-19-21(16)2)18(23)17(22)12-6-4-7-13(10-12)24-3/h4,6-7,10-11,15,17,22H,5,8-9H2,1-3H3. The Balaban J connectivity index is 1.82. The Hall–Kier alpha value is -2.34. The van der Waals surface area contributed by atoms with E-state index in [0.29, 0.717) is 11.3 Å². The van der Waals surface area contributed by atoms with Crippen molar-refractivity contribution in [3.05, 3.63) is 47.3 Å². The number of likely N-dealkylation sites (N-methyl/N-ethyl adjacent to an activating group) is 1. The number of benzene rings is 1.